The maximum atomic E-state index is 12.6. The Bertz CT molecular complexity index is 392. The van der Waals surface area contributed by atoms with Crippen LogP contribution in [0.25, 0.3) is 0 Å². The van der Waals surface area contributed by atoms with Gasteiger partial charge in [-0.1, -0.05) is 19.1 Å². The highest BCUT2D eigenvalue weighted by atomic mass is 19.1. The highest BCUT2D eigenvalue weighted by molar-refractivity contribution is 5.24. The van der Waals surface area contributed by atoms with E-state index in [4.69, 9.17) is 4.74 Å². The van der Waals surface area contributed by atoms with Crippen molar-refractivity contribution in [3.05, 3.63) is 45.8 Å². The molecule has 0 amide bonds. The van der Waals surface area contributed by atoms with Gasteiger partial charge in [0.2, 0.25) is 0 Å². The Hall–Kier alpha value is -1.49. The molecule has 1 saturated heterocycles. The predicted molar refractivity (Wildman–Crippen MR) is 50.2 cm³/mol. The fraction of sp³-hybridized carbons (Fsp3) is 0.400. The van der Waals surface area contributed by atoms with E-state index in [0.29, 0.717) is 12.0 Å². The van der Waals surface area contributed by atoms with Crippen LogP contribution in [0.15, 0.2) is 24.3 Å². The van der Waals surface area contributed by atoms with E-state index in [1.165, 1.54) is 24.3 Å². The SMILES string of the molecule is CC[C@]1([N+](=O)[O-])O[C@@H]1c1ccc(F)cc1. The second-order valence-corrected chi connectivity index (χ2v) is 3.50. The molecule has 0 N–H and O–H groups in total. The van der Waals surface area contributed by atoms with E-state index in [9.17, 15) is 14.5 Å². The highest BCUT2D eigenvalue weighted by Gasteiger charge is 2.68. The molecule has 80 valence electrons. The lowest BCUT2D eigenvalue weighted by molar-refractivity contribution is -0.564. The van der Waals surface area contributed by atoms with Crippen LogP contribution in [0.1, 0.15) is 25.0 Å². The lowest BCUT2D eigenvalue weighted by Gasteiger charge is -2.00. The molecule has 1 heterocycles. The summed E-state index contributed by atoms with van der Waals surface area (Å²) in [6, 6.07) is 5.58. The normalized spacial score (nSPS) is 28.8. The molecule has 2 atom stereocenters. The number of benzene rings is 1. The van der Waals surface area contributed by atoms with Gasteiger partial charge in [-0.15, -0.1) is 0 Å². The molecule has 0 aliphatic carbocycles. The van der Waals surface area contributed by atoms with Crippen molar-refractivity contribution in [1.82, 2.24) is 0 Å². The molecule has 15 heavy (non-hydrogen) atoms. The summed E-state index contributed by atoms with van der Waals surface area (Å²) in [6.45, 7) is 1.70. The molecular weight excluding hydrogens is 201 g/mol. The monoisotopic (exact) mass is 211 g/mol. The predicted octanol–water partition coefficient (Wildman–Crippen LogP) is 2.28. The van der Waals surface area contributed by atoms with Gasteiger partial charge in [-0.25, -0.2) is 4.39 Å². The number of epoxide rings is 1. The van der Waals surface area contributed by atoms with E-state index in [-0.39, 0.29) is 5.82 Å². The summed E-state index contributed by atoms with van der Waals surface area (Å²) in [7, 11) is 0. The summed E-state index contributed by atoms with van der Waals surface area (Å²) in [5.74, 6) is -0.359. The van der Waals surface area contributed by atoms with Crippen molar-refractivity contribution in [1.29, 1.82) is 0 Å². The maximum absolute atomic E-state index is 12.6. The zero-order valence-electron chi connectivity index (χ0n) is 8.14. The first-order valence-electron chi connectivity index (χ1n) is 4.68. The van der Waals surface area contributed by atoms with Gasteiger partial charge in [-0.05, 0) is 17.7 Å². The maximum Gasteiger partial charge on any atom is 0.356 e. The fourth-order valence-electron chi connectivity index (χ4n) is 1.67. The molecule has 1 aromatic rings. The molecule has 4 nitrogen and oxygen atoms in total. The van der Waals surface area contributed by atoms with Gasteiger partial charge in [-0.3, -0.25) is 14.9 Å². The Labute approximate surface area is 85.8 Å². The van der Waals surface area contributed by atoms with Crippen LogP contribution in [0, 0.1) is 15.9 Å². The van der Waals surface area contributed by atoms with Crippen LogP contribution in [-0.2, 0) is 4.74 Å². The van der Waals surface area contributed by atoms with Gasteiger partial charge in [0.15, 0.2) is 6.10 Å². The number of hydrogen-bond donors (Lipinski definition) is 0. The van der Waals surface area contributed by atoms with Crippen LogP contribution in [0.5, 0.6) is 0 Å². The van der Waals surface area contributed by atoms with Crippen LogP contribution in [0.3, 0.4) is 0 Å². The van der Waals surface area contributed by atoms with Crippen LogP contribution in [0.4, 0.5) is 4.39 Å². The first-order chi connectivity index (χ1) is 7.10. The van der Waals surface area contributed by atoms with Crippen LogP contribution in [0.2, 0.25) is 0 Å². The van der Waals surface area contributed by atoms with Gasteiger partial charge < -0.3 is 0 Å². The average molecular weight is 211 g/mol. The number of halogens is 1. The Morgan fingerprint density at radius 2 is 2.13 bits per heavy atom. The summed E-state index contributed by atoms with van der Waals surface area (Å²) in [5.41, 5.74) is -0.646. The summed E-state index contributed by atoms with van der Waals surface area (Å²) < 4.78 is 17.7. The lowest BCUT2D eigenvalue weighted by Crippen LogP contribution is -2.22. The molecule has 0 spiro atoms. The second-order valence-electron chi connectivity index (χ2n) is 3.50. The highest BCUT2D eigenvalue weighted by Crippen LogP contribution is 2.51. The van der Waals surface area contributed by atoms with Gasteiger partial charge in [0.25, 0.3) is 0 Å². The average Bonchev–Trinajstić information content (AvgIpc) is 2.95. The molecule has 0 unspecified atom stereocenters. The van der Waals surface area contributed by atoms with Crippen molar-refractivity contribution in [3.63, 3.8) is 0 Å². The third-order valence-electron chi connectivity index (χ3n) is 2.66. The van der Waals surface area contributed by atoms with Crippen molar-refractivity contribution >= 4 is 0 Å². The quantitative estimate of drug-likeness (QED) is 0.438. The smallest absolute Gasteiger partial charge is 0.294 e. The topological polar surface area (TPSA) is 55.7 Å². The van der Waals surface area contributed by atoms with E-state index >= 15 is 0 Å². The number of nitro groups is 1. The Morgan fingerprint density at radius 3 is 2.53 bits per heavy atom. The minimum Gasteiger partial charge on any atom is -0.294 e. The van der Waals surface area contributed by atoms with Gasteiger partial charge in [0, 0.05) is 6.42 Å². The van der Waals surface area contributed by atoms with Crippen LogP contribution >= 0.6 is 0 Å². The standard InChI is InChI=1S/C10H10FNO3/c1-2-10(12(13)14)9(15-10)7-3-5-8(11)6-4-7/h3-6,9H,2H2,1H3/t9-,10+/m1/s1. The molecule has 2 rings (SSSR count). The summed E-state index contributed by atoms with van der Waals surface area (Å²) in [5, 5.41) is 10.8. The molecule has 1 aliphatic heterocycles. The van der Waals surface area contributed by atoms with Crippen LogP contribution in [-0.4, -0.2) is 10.6 Å². The van der Waals surface area contributed by atoms with E-state index in [1.54, 1.807) is 6.92 Å². The van der Waals surface area contributed by atoms with Gasteiger partial charge >= 0.3 is 5.72 Å². The van der Waals surface area contributed by atoms with Crippen molar-refractivity contribution in [3.8, 4) is 0 Å². The third kappa shape index (κ3) is 1.48. The molecule has 1 aliphatic rings. The molecule has 1 aromatic carbocycles. The Morgan fingerprint density at radius 1 is 1.53 bits per heavy atom. The summed E-state index contributed by atoms with van der Waals surface area (Å²) >= 11 is 0. The molecular formula is C10H10FNO3. The number of ether oxygens (including phenoxy) is 1. The molecule has 0 radical (unpaired) electrons. The first-order valence-corrected chi connectivity index (χ1v) is 4.68. The molecule has 0 saturated carbocycles. The Balaban J connectivity index is 2.22. The minimum atomic E-state index is -1.29. The Kier molecular flexibility index (Phi) is 2.19. The fourth-order valence-corrected chi connectivity index (χ4v) is 1.67. The van der Waals surface area contributed by atoms with Gasteiger partial charge in [0.05, 0.1) is 4.92 Å². The van der Waals surface area contributed by atoms with Gasteiger partial charge in [-0.2, -0.15) is 0 Å². The molecule has 1 fully saturated rings. The lowest BCUT2D eigenvalue weighted by atomic mass is 10.0. The first kappa shape index (κ1) is 10.0. The van der Waals surface area contributed by atoms with E-state index in [2.05, 4.69) is 0 Å². The zero-order chi connectivity index (χ0) is 11.1. The van der Waals surface area contributed by atoms with E-state index < -0.39 is 16.8 Å². The number of nitrogens with zero attached hydrogens (tertiary/aromatic N) is 1. The van der Waals surface area contributed by atoms with Crippen molar-refractivity contribution in [2.24, 2.45) is 0 Å². The van der Waals surface area contributed by atoms with Crippen molar-refractivity contribution in [2.45, 2.75) is 25.2 Å². The third-order valence-corrected chi connectivity index (χ3v) is 2.66. The zero-order valence-corrected chi connectivity index (χ0v) is 8.14. The van der Waals surface area contributed by atoms with Crippen molar-refractivity contribution in [2.75, 3.05) is 0 Å². The van der Waals surface area contributed by atoms with Gasteiger partial charge in [0.1, 0.15) is 5.82 Å². The van der Waals surface area contributed by atoms with Crippen molar-refractivity contribution < 1.29 is 14.1 Å². The molecule has 0 bridgehead atoms. The minimum absolute atomic E-state index is 0.308. The number of rotatable bonds is 3. The second kappa shape index (κ2) is 3.27. The largest absolute Gasteiger partial charge is 0.356 e. The van der Waals surface area contributed by atoms with Crippen LogP contribution < -0.4 is 0 Å². The summed E-state index contributed by atoms with van der Waals surface area (Å²) in [4.78, 5) is 10.4. The van der Waals surface area contributed by atoms with E-state index in [1.807, 2.05) is 0 Å². The molecule has 0 aromatic heterocycles. The summed E-state index contributed by atoms with van der Waals surface area (Å²) in [6.07, 6.45) is -0.236. The molecule has 5 heteroatoms. The van der Waals surface area contributed by atoms with E-state index in [0.717, 1.165) is 0 Å². The number of hydrogen-bond acceptors (Lipinski definition) is 3.